The Morgan fingerprint density at radius 1 is 0.821 bits per heavy atom. The second-order valence-corrected chi connectivity index (χ2v) is 6.21. The van der Waals surface area contributed by atoms with Gasteiger partial charge < -0.3 is 34.3 Å². The maximum absolute atomic E-state index is 10.7. The second-order valence-electron chi connectivity index (χ2n) is 6.21. The van der Waals surface area contributed by atoms with Crippen LogP contribution < -0.4 is 18.9 Å². The summed E-state index contributed by atoms with van der Waals surface area (Å²) in [5.41, 5.74) is 1.52. The molecule has 0 spiro atoms. The molecule has 28 heavy (non-hydrogen) atoms. The summed E-state index contributed by atoms with van der Waals surface area (Å²) in [7, 11) is 4.57. The molecule has 154 valence electrons. The fraction of sp³-hybridized carbons (Fsp3) is 0.429. The minimum Gasteiger partial charge on any atom is -0.493 e. The van der Waals surface area contributed by atoms with Crippen LogP contribution in [0.25, 0.3) is 0 Å². The van der Waals surface area contributed by atoms with Crippen LogP contribution in [0, 0.1) is 0 Å². The third kappa shape index (κ3) is 5.28. The van der Waals surface area contributed by atoms with Gasteiger partial charge in [-0.15, -0.1) is 0 Å². The Kier molecular flexibility index (Phi) is 8.38. The van der Waals surface area contributed by atoms with E-state index >= 15 is 0 Å². The normalized spacial score (nSPS) is 12.9. The van der Waals surface area contributed by atoms with Crippen LogP contribution >= 0.6 is 0 Å². The maximum atomic E-state index is 10.7. The van der Waals surface area contributed by atoms with Crippen molar-refractivity contribution in [2.75, 3.05) is 34.5 Å². The lowest BCUT2D eigenvalue weighted by molar-refractivity contribution is -0.000527. The van der Waals surface area contributed by atoms with Crippen molar-refractivity contribution in [2.45, 2.75) is 25.0 Å². The molecule has 2 atom stereocenters. The number of ether oxygens (including phenoxy) is 4. The third-order valence-electron chi connectivity index (χ3n) is 4.41. The number of rotatable bonds is 11. The summed E-state index contributed by atoms with van der Waals surface area (Å²) in [6.45, 7) is -0.282. The predicted molar refractivity (Wildman–Crippen MR) is 104 cm³/mol. The Labute approximate surface area is 165 Å². The van der Waals surface area contributed by atoms with Gasteiger partial charge in [0.25, 0.3) is 0 Å². The van der Waals surface area contributed by atoms with Crippen molar-refractivity contribution in [1.29, 1.82) is 0 Å². The molecule has 3 N–H and O–H groups in total. The van der Waals surface area contributed by atoms with E-state index in [-0.39, 0.29) is 6.61 Å². The largest absolute Gasteiger partial charge is 0.493 e. The lowest BCUT2D eigenvalue weighted by Crippen LogP contribution is -2.29. The number of aliphatic hydroxyl groups excluding tert-OH is 3. The van der Waals surface area contributed by atoms with E-state index in [2.05, 4.69) is 0 Å². The van der Waals surface area contributed by atoms with Gasteiger partial charge in [-0.25, -0.2) is 0 Å². The molecule has 0 aliphatic heterocycles. The lowest BCUT2D eigenvalue weighted by atomic mass is 10.0. The Bertz CT molecular complexity index is 748. The van der Waals surface area contributed by atoms with Crippen molar-refractivity contribution < 1.29 is 34.3 Å². The van der Waals surface area contributed by atoms with Gasteiger partial charge in [0.1, 0.15) is 6.10 Å². The molecule has 2 rings (SSSR count). The van der Waals surface area contributed by atoms with E-state index in [1.54, 1.807) is 24.3 Å². The van der Waals surface area contributed by atoms with Crippen LogP contribution in [0.5, 0.6) is 23.0 Å². The van der Waals surface area contributed by atoms with Crippen LogP contribution in [0.15, 0.2) is 36.4 Å². The number of methoxy groups -OCH3 is 3. The van der Waals surface area contributed by atoms with Crippen molar-refractivity contribution in [2.24, 2.45) is 0 Å². The number of hydrogen-bond donors (Lipinski definition) is 3. The molecule has 2 unspecified atom stereocenters. The van der Waals surface area contributed by atoms with Gasteiger partial charge in [-0.05, 0) is 48.2 Å². The molecule has 0 bridgehead atoms. The van der Waals surface area contributed by atoms with Gasteiger partial charge in [-0.3, -0.25) is 0 Å². The molecule has 2 aromatic carbocycles. The molecular weight excluding hydrogens is 364 g/mol. The zero-order valence-corrected chi connectivity index (χ0v) is 16.4. The zero-order chi connectivity index (χ0) is 20.5. The van der Waals surface area contributed by atoms with Gasteiger partial charge in [0, 0.05) is 6.61 Å². The Balaban J connectivity index is 2.21. The van der Waals surface area contributed by atoms with Crippen molar-refractivity contribution in [3.05, 3.63) is 47.5 Å². The topological polar surface area (TPSA) is 97.6 Å². The van der Waals surface area contributed by atoms with Crippen molar-refractivity contribution >= 4 is 0 Å². The first-order valence-electron chi connectivity index (χ1n) is 9.03. The van der Waals surface area contributed by atoms with Gasteiger partial charge in [0.05, 0.1) is 27.9 Å². The first-order chi connectivity index (χ1) is 13.6. The summed E-state index contributed by atoms with van der Waals surface area (Å²) in [6, 6.07) is 10.4. The molecule has 0 radical (unpaired) electrons. The molecule has 0 aliphatic carbocycles. The molecule has 0 aliphatic rings. The Hall–Kier alpha value is -2.48. The number of benzene rings is 2. The molecule has 7 nitrogen and oxygen atoms in total. The molecule has 0 saturated carbocycles. The molecule has 0 saturated heterocycles. The average Bonchev–Trinajstić information content (AvgIpc) is 2.75. The highest BCUT2D eigenvalue weighted by atomic mass is 16.5. The smallest absolute Gasteiger partial charge is 0.161 e. The molecule has 2 aromatic rings. The highest BCUT2D eigenvalue weighted by Crippen LogP contribution is 2.34. The quantitative estimate of drug-likeness (QED) is 0.539. The van der Waals surface area contributed by atoms with Crippen LogP contribution in [-0.2, 0) is 6.42 Å². The van der Waals surface area contributed by atoms with Crippen molar-refractivity contribution in [1.82, 2.24) is 0 Å². The minimum absolute atomic E-state index is 0.116. The molecule has 0 aromatic heterocycles. The molecular formula is C21H28O7. The highest BCUT2D eigenvalue weighted by Gasteiger charge is 2.24. The van der Waals surface area contributed by atoms with Gasteiger partial charge >= 0.3 is 0 Å². The van der Waals surface area contributed by atoms with Crippen molar-refractivity contribution in [3.8, 4) is 23.0 Å². The van der Waals surface area contributed by atoms with Gasteiger partial charge in [0.15, 0.2) is 29.1 Å². The molecule has 0 fully saturated rings. The van der Waals surface area contributed by atoms with E-state index in [9.17, 15) is 10.2 Å². The first kappa shape index (κ1) is 21.8. The lowest BCUT2D eigenvalue weighted by Gasteiger charge is -2.24. The van der Waals surface area contributed by atoms with E-state index in [0.717, 1.165) is 5.56 Å². The Morgan fingerprint density at radius 2 is 1.46 bits per heavy atom. The van der Waals surface area contributed by atoms with Gasteiger partial charge in [0.2, 0.25) is 0 Å². The van der Waals surface area contributed by atoms with Gasteiger partial charge in [-0.1, -0.05) is 12.1 Å². The second kappa shape index (κ2) is 10.8. The van der Waals surface area contributed by atoms with E-state index in [1.165, 1.54) is 21.3 Å². The zero-order valence-electron chi connectivity index (χ0n) is 16.4. The monoisotopic (exact) mass is 392 g/mol. The SMILES string of the molecule is COc1ccc(C(O)C(CO)Oc2ccc(CCCO)cc2OC)cc1OC. The van der Waals surface area contributed by atoms with E-state index in [0.29, 0.717) is 41.4 Å². The summed E-state index contributed by atoms with van der Waals surface area (Å²) >= 11 is 0. The summed E-state index contributed by atoms with van der Waals surface area (Å²) in [4.78, 5) is 0. The number of hydrogen-bond acceptors (Lipinski definition) is 7. The van der Waals surface area contributed by atoms with Crippen LogP contribution in [0.4, 0.5) is 0 Å². The number of aryl methyl sites for hydroxylation is 1. The van der Waals surface area contributed by atoms with Crippen LogP contribution in [-0.4, -0.2) is 56.0 Å². The standard InChI is InChI=1S/C21H28O7/c1-25-16-9-7-15(12-19(16)27-3)21(24)20(13-23)28-17-8-6-14(5-4-10-22)11-18(17)26-2/h6-9,11-12,20-24H,4-5,10,13H2,1-3H3. The van der Waals surface area contributed by atoms with Crippen LogP contribution in [0.2, 0.25) is 0 Å². The van der Waals surface area contributed by atoms with E-state index < -0.39 is 18.8 Å². The molecule has 0 amide bonds. The van der Waals surface area contributed by atoms with E-state index in [4.69, 9.17) is 24.1 Å². The van der Waals surface area contributed by atoms with Crippen molar-refractivity contribution in [3.63, 3.8) is 0 Å². The van der Waals surface area contributed by atoms with E-state index in [1.807, 2.05) is 12.1 Å². The number of aliphatic hydroxyl groups is 3. The first-order valence-corrected chi connectivity index (χ1v) is 9.03. The summed E-state index contributed by atoms with van der Waals surface area (Å²) in [5.74, 6) is 1.92. The minimum atomic E-state index is -1.09. The third-order valence-corrected chi connectivity index (χ3v) is 4.41. The van der Waals surface area contributed by atoms with Gasteiger partial charge in [-0.2, -0.15) is 0 Å². The predicted octanol–water partition coefficient (Wildman–Crippen LogP) is 2.11. The Morgan fingerprint density at radius 3 is 2.07 bits per heavy atom. The molecule has 0 heterocycles. The highest BCUT2D eigenvalue weighted by molar-refractivity contribution is 5.45. The summed E-state index contributed by atoms with van der Waals surface area (Å²) in [6.07, 6.45) is -0.635. The summed E-state index contributed by atoms with van der Waals surface area (Å²) in [5, 5.41) is 29.5. The van der Waals surface area contributed by atoms with Crippen LogP contribution in [0.3, 0.4) is 0 Å². The fourth-order valence-corrected chi connectivity index (χ4v) is 2.86. The molecule has 7 heteroatoms. The maximum Gasteiger partial charge on any atom is 0.161 e. The average molecular weight is 392 g/mol. The summed E-state index contributed by atoms with van der Waals surface area (Å²) < 4.78 is 21.7. The fourth-order valence-electron chi connectivity index (χ4n) is 2.86. The van der Waals surface area contributed by atoms with Crippen LogP contribution in [0.1, 0.15) is 23.7 Å².